The van der Waals surface area contributed by atoms with Crippen molar-refractivity contribution >= 4 is 0 Å². The van der Waals surface area contributed by atoms with Gasteiger partial charge in [-0.15, -0.1) is 0 Å². The summed E-state index contributed by atoms with van der Waals surface area (Å²) in [5.74, 6) is 1.39. The van der Waals surface area contributed by atoms with Gasteiger partial charge < -0.3 is 66.3 Å². The number of nitriles is 8. The molecule has 4 aromatic rings. The SMILES string of the molecule is COCCOCCOCCOc1ccc(OCCCOc2ccc(OCCCOc3ccc(OCCCOc4ccc(OCCOCCOCCOC)c(C#N)c4C#N)c(C#N)c3C#N)c(C#N)c2C#N)c(C#N)c1C#N. The Morgan fingerprint density at radius 2 is 0.390 bits per heavy atom. The predicted molar refractivity (Wildman–Crippen MR) is 268 cm³/mol. The highest BCUT2D eigenvalue weighted by molar-refractivity contribution is 5.63. The number of hydrogen-bond donors (Lipinski definition) is 0. The topological polar surface area (TPSA) is 320 Å². The zero-order chi connectivity index (χ0) is 55.3. The van der Waals surface area contributed by atoms with Crippen LogP contribution in [0.4, 0.5) is 0 Å². The number of ether oxygens (including phenoxy) is 14. The van der Waals surface area contributed by atoms with Crippen LogP contribution >= 0.6 is 0 Å². The third-order valence-electron chi connectivity index (χ3n) is 10.4. The first-order valence-electron chi connectivity index (χ1n) is 24.1. The van der Waals surface area contributed by atoms with Crippen molar-refractivity contribution in [3.8, 4) is 94.5 Å². The molecule has 0 aliphatic rings. The summed E-state index contributed by atoms with van der Waals surface area (Å²) in [7, 11) is 3.17. The first-order chi connectivity index (χ1) is 37.9. The molecule has 0 aliphatic carbocycles. The number of methoxy groups -OCH3 is 2. The van der Waals surface area contributed by atoms with Crippen LogP contribution < -0.4 is 37.9 Å². The van der Waals surface area contributed by atoms with E-state index in [-0.39, 0.29) is 163 Å². The van der Waals surface area contributed by atoms with Crippen molar-refractivity contribution in [2.45, 2.75) is 19.3 Å². The van der Waals surface area contributed by atoms with E-state index in [9.17, 15) is 42.1 Å². The Bertz CT molecular complexity index is 2690. The smallest absolute Gasteiger partial charge is 0.138 e. The monoisotopic (exact) mass is 1050 g/mol. The fraction of sp³-hybridized carbons (Fsp3) is 0.418. The molecule has 0 aromatic heterocycles. The van der Waals surface area contributed by atoms with E-state index in [1.807, 2.05) is 48.6 Å². The summed E-state index contributed by atoms with van der Waals surface area (Å²) in [5.41, 5.74) is -0.0567. The molecule has 22 heteroatoms. The average molecular weight is 1050 g/mol. The van der Waals surface area contributed by atoms with Crippen molar-refractivity contribution in [3.05, 3.63) is 93.0 Å². The van der Waals surface area contributed by atoms with Crippen LogP contribution in [0.1, 0.15) is 63.8 Å². The highest BCUT2D eigenvalue weighted by atomic mass is 16.6. The Labute approximate surface area is 447 Å². The van der Waals surface area contributed by atoms with Gasteiger partial charge >= 0.3 is 0 Å². The molecule has 4 aromatic carbocycles. The van der Waals surface area contributed by atoms with Gasteiger partial charge in [-0.05, 0) is 48.5 Å². The minimum Gasteiger partial charge on any atom is -0.492 e. The molecule has 77 heavy (non-hydrogen) atoms. The van der Waals surface area contributed by atoms with E-state index in [0.717, 1.165) is 0 Å². The largest absolute Gasteiger partial charge is 0.492 e. The summed E-state index contributed by atoms with van der Waals surface area (Å²) in [6.07, 6.45) is 0.919. The summed E-state index contributed by atoms with van der Waals surface area (Å²) in [4.78, 5) is 0. The summed E-state index contributed by atoms with van der Waals surface area (Å²) < 4.78 is 77.7. The molecule has 0 radical (unpaired) electrons. The summed E-state index contributed by atoms with van der Waals surface area (Å²) in [6.45, 7) is 4.67. The second kappa shape index (κ2) is 36.0. The van der Waals surface area contributed by atoms with Gasteiger partial charge in [-0.25, -0.2) is 0 Å². The third kappa shape index (κ3) is 19.3. The summed E-state index contributed by atoms with van der Waals surface area (Å²) in [5, 5.41) is 79.1. The Hall–Kier alpha value is -9.04. The molecule has 0 amide bonds. The molecule has 4 rings (SSSR count). The molecular formula is C55H56N8O14. The minimum absolute atomic E-state index is 0.0141. The second-order valence-corrected chi connectivity index (χ2v) is 15.4. The lowest BCUT2D eigenvalue weighted by atomic mass is 10.1. The molecule has 0 fully saturated rings. The second-order valence-electron chi connectivity index (χ2n) is 15.4. The third-order valence-corrected chi connectivity index (χ3v) is 10.4. The molecule has 22 nitrogen and oxygen atoms in total. The lowest BCUT2D eigenvalue weighted by Gasteiger charge is -2.15. The van der Waals surface area contributed by atoms with E-state index < -0.39 is 0 Å². The number of nitrogens with zero attached hydrogens (tertiary/aromatic N) is 8. The maximum atomic E-state index is 9.97. The Balaban J connectivity index is 1.20. The van der Waals surface area contributed by atoms with E-state index in [1.54, 1.807) is 26.4 Å². The first-order valence-corrected chi connectivity index (χ1v) is 24.1. The molecule has 0 atom stereocenters. The molecule has 0 heterocycles. The molecule has 0 spiro atoms. The molecular weight excluding hydrogens is 997 g/mol. The van der Waals surface area contributed by atoms with Gasteiger partial charge in [0.1, 0.15) is 152 Å². The molecule has 0 N–H and O–H groups in total. The van der Waals surface area contributed by atoms with Crippen molar-refractivity contribution in [3.63, 3.8) is 0 Å². The maximum Gasteiger partial charge on any atom is 0.138 e. The molecule has 0 bridgehead atoms. The van der Waals surface area contributed by atoms with Crippen molar-refractivity contribution in [1.29, 1.82) is 42.1 Å². The van der Waals surface area contributed by atoms with Crippen LogP contribution in [0.5, 0.6) is 46.0 Å². The van der Waals surface area contributed by atoms with Crippen LogP contribution in [-0.4, -0.2) is 133 Å². The maximum absolute atomic E-state index is 9.97. The van der Waals surface area contributed by atoms with Crippen LogP contribution in [0.2, 0.25) is 0 Å². The number of hydrogen-bond acceptors (Lipinski definition) is 22. The fourth-order valence-electron chi connectivity index (χ4n) is 6.73. The van der Waals surface area contributed by atoms with Crippen LogP contribution in [-0.2, 0) is 28.4 Å². The van der Waals surface area contributed by atoms with Gasteiger partial charge in [-0.1, -0.05) is 0 Å². The van der Waals surface area contributed by atoms with Crippen LogP contribution in [0, 0.1) is 90.6 Å². The predicted octanol–water partition coefficient (Wildman–Crippen LogP) is 6.32. The summed E-state index contributed by atoms with van der Waals surface area (Å²) in [6, 6.07) is 28.2. The van der Waals surface area contributed by atoms with Crippen molar-refractivity contribution in [2.24, 2.45) is 0 Å². The van der Waals surface area contributed by atoms with Gasteiger partial charge in [-0.2, -0.15) is 42.1 Å². The molecule has 0 saturated heterocycles. The lowest BCUT2D eigenvalue weighted by molar-refractivity contribution is 0.0179. The Morgan fingerprint density at radius 3 is 0.558 bits per heavy atom. The highest BCUT2D eigenvalue weighted by Gasteiger charge is 2.20. The van der Waals surface area contributed by atoms with E-state index in [0.29, 0.717) is 65.7 Å². The zero-order valence-electron chi connectivity index (χ0n) is 42.8. The average Bonchev–Trinajstić information content (AvgIpc) is 3.45. The minimum atomic E-state index is -0.0345. The standard InChI is InChI=1S/C55H56N8O14/c1-64-20-22-66-24-26-68-28-30-76-54-12-10-52(44(36-60)46(54)38-62)74-18-4-16-72-50-8-6-48(40(32-56)42(50)34-58)70-14-3-15-71-49-7-9-51(43(35-59)41(49)33-57)73-17-5-19-75-53-11-13-55(47(39-63)45(53)37-61)77-31-29-69-27-25-67-23-21-65-2/h6-13H,3-5,14-31H2,1-2H3. The zero-order valence-corrected chi connectivity index (χ0v) is 42.8. The molecule has 400 valence electrons. The van der Waals surface area contributed by atoms with E-state index in [2.05, 4.69) is 0 Å². The van der Waals surface area contributed by atoms with Crippen molar-refractivity contribution in [2.75, 3.05) is 133 Å². The van der Waals surface area contributed by atoms with E-state index in [1.165, 1.54) is 36.4 Å². The lowest BCUT2D eigenvalue weighted by Crippen LogP contribution is -2.13. The van der Waals surface area contributed by atoms with Gasteiger partial charge in [0, 0.05) is 33.5 Å². The number of benzene rings is 4. The van der Waals surface area contributed by atoms with Crippen LogP contribution in [0.15, 0.2) is 48.5 Å². The quantitative estimate of drug-likeness (QED) is 0.0443. The van der Waals surface area contributed by atoms with Crippen LogP contribution in [0.25, 0.3) is 0 Å². The number of rotatable bonds is 38. The van der Waals surface area contributed by atoms with Gasteiger partial charge in [0.2, 0.25) is 0 Å². The highest BCUT2D eigenvalue weighted by Crippen LogP contribution is 2.34. The summed E-state index contributed by atoms with van der Waals surface area (Å²) >= 11 is 0. The normalized spacial score (nSPS) is 10.2. The van der Waals surface area contributed by atoms with Crippen molar-refractivity contribution < 1.29 is 66.3 Å². The van der Waals surface area contributed by atoms with E-state index in [4.69, 9.17) is 66.3 Å². The first kappa shape index (κ1) is 60.5. The van der Waals surface area contributed by atoms with Gasteiger partial charge in [-0.3, -0.25) is 0 Å². The molecule has 0 saturated carbocycles. The van der Waals surface area contributed by atoms with Gasteiger partial charge in [0.25, 0.3) is 0 Å². The van der Waals surface area contributed by atoms with Crippen molar-refractivity contribution in [1.82, 2.24) is 0 Å². The molecule has 0 unspecified atom stereocenters. The Morgan fingerprint density at radius 1 is 0.234 bits per heavy atom. The van der Waals surface area contributed by atoms with Gasteiger partial charge in [0.15, 0.2) is 0 Å². The fourth-order valence-corrected chi connectivity index (χ4v) is 6.73. The van der Waals surface area contributed by atoms with Gasteiger partial charge in [0.05, 0.1) is 106 Å². The Kier molecular flexibility index (Phi) is 28.3. The van der Waals surface area contributed by atoms with Crippen LogP contribution in [0.3, 0.4) is 0 Å². The molecule has 0 aliphatic heterocycles. The van der Waals surface area contributed by atoms with E-state index >= 15 is 0 Å².